The number of nitrogens with zero attached hydrogens (tertiary/aromatic N) is 3. The molecule has 1 aliphatic heterocycles. The Morgan fingerprint density at radius 1 is 1.03 bits per heavy atom. The quantitative estimate of drug-likeness (QED) is 0.381. The van der Waals surface area contributed by atoms with Gasteiger partial charge in [-0.25, -0.2) is 12.8 Å². The lowest BCUT2D eigenvalue weighted by Crippen LogP contribution is -2.55. The summed E-state index contributed by atoms with van der Waals surface area (Å²) in [5.41, 5.74) is 2.21. The van der Waals surface area contributed by atoms with Crippen LogP contribution >= 0.6 is 11.3 Å². The Labute approximate surface area is 208 Å². The Kier molecular flexibility index (Phi) is 6.48. The second-order valence-corrected chi connectivity index (χ2v) is 11.7. The molecule has 182 valence electrons. The fraction of sp³-hybridized carbons (Fsp3) is 0.269. The third kappa shape index (κ3) is 4.89. The van der Waals surface area contributed by atoms with Gasteiger partial charge in [0.05, 0.1) is 5.75 Å². The highest BCUT2D eigenvalue weighted by Crippen LogP contribution is 2.28. The molecule has 6 nitrogen and oxygen atoms in total. The summed E-state index contributed by atoms with van der Waals surface area (Å²) in [6.45, 7) is 3.20. The second kappa shape index (κ2) is 9.56. The van der Waals surface area contributed by atoms with Crippen molar-refractivity contribution < 1.29 is 17.6 Å². The van der Waals surface area contributed by atoms with E-state index in [1.165, 1.54) is 16.4 Å². The van der Waals surface area contributed by atoms with Crippen molar-refractivity contribution in [3.63, 3.8) is 0 Å². The number of carbonyl (C=O) groups is 1. The predicted octanol–water partition coefficient (Wildman–Crippen LogP) is 4.57. The molecule has 0 radical (unpaired) electrons. The van der Waals surface area contributed by atoms with E-state index >= 15 is 0 Å². The molecule has 0 saturated carbocycles. The first-order chi connectivity index (χ1) is 16.8. The van der Waals surface area contributed by atoms with Crippen LogP contribution in [0.25, 0.3) is 10.2 Å². The zero-order valence-corrected chi connectivity index (χ0v) is 20.9. The topological polar surface area (TPSA) is 62.6 Å². The van der Waals surface area contributed by atoms with E-state index in [2.05, 4.69) is 0 Å². The fourth-order valence-electron chi connectivity index (χ4n) is 4.65. The summed E-state index contributed by atoms with van der Waals surface area (Å²) in [5.74, 6) is -0.474. The molecule has 1 atom stereocenters. The highest BCUT2D eigenvalue weighted by Gasteiger charge is 2.35. The van der Waals surface area contributed by atoms with Gasteiger partial charge < -0.3 is 9.47 Å². The van der Waals surface area contributed by atoms with Gasteiger partial charge in [0.15, 0.2) is 0 Å². The molecule has 0 aliphatic carbocycles. The van der Waals surface area contributed by atoms with E-state index in [1.807, 2.05) is 59.3 Å². The number of carbonyl (C=O) groups excluding carboxylic acids is 1. The molecule has 35 heavy (non-hydrogen) atoms. The van der Waals surface area contributed by atoms with Gasteiger partial charge in [0, 0.05) is 37.6 Å². The lowest BCUT2D eigenvalue weighted by molar-refractivity contribution is 0.0632. The smallest absolute Gasteiger partial charge is 0.270 e. The summed E-state index contributed by atoms with van der Waals surface area (Å²) in [7, 11) is -3.50. The lowest BCUT2D eigenvalue weighted by atomic mass is 10.2. The van der Waals surface area contributed by atoms with Crippen molar-refractivity contribution in [1.82, 2.24) is 13.8 Å². The summed E-state index contributed by atoms with van der Waals surface area (Å²) in [5, 5.41) is 2.97. The molecule has 1 amide bonds. The van der Waals surface area contributed by atoms with Crippen molar-refractivity contribution in [1.29, 1.82) is 0 Å². The van der Waals surface area contributed by atoms with Crippen molar-refractivity contribution in [2.24, 2.45) is 0 Å². The molecule has 0 N–H and O–H groups in total. The van der Waals surface area contributed by atoms with Crippen molar-refractivity contribution >= 4 is 37.5 Å². The first-order valence-corrected chi connectivity index (χ1v) is 13.9. The van der Waals surface area contributed by atoms with Gasteiger partial charge in [-0.2, -0.15) is 4.31 Å². The number of hydrogen-bond acceptors (Lipinski definition) is 4. The van der Waals surface area contributed by atoms with E-state index in [-0.39, 0.29) is 30.1 Å². The molecular weight excluding hydrogens is 485 g/mol. The largest absolute Gasteiger partial charge is 0.334 e. The van der Waals surface area contributed by atoms with Crippen LogP contribution in [0.1, 0.15) is 28.5 Å². The van der Waals surface area contributed by atoms with Crippen molar-refractivity contribution in [2.75, 3.05) is 19.6 Å². The number of benzene rings is 2. The third-order valence-electron chi connectivity index (χ3n) is 6.38. The normalized spacial score (nSPS) is 17.2. The van der Waals surface area contributed by atoms with E-state index in [4.69, 9.17) is 0 Å². The SMILES string of the molecule is CC1CN(C(=O)c2cc3ccsc3n2Cc2ccc(F)cc2)CCN1S(=O)(=O)Cc1ccccc1. The fourth-order valence-corrected chi connectivity index (χ4v) is 7.30. The third-order valence-corrected chi connectivity index (χ3v) is 9.29. The summed E-state index contributed by atoms with van der Waals surface area (Å²) in [6, 6.07) is 19.0. The van der Waals surface area contributed by atoms with Gasteiger partial charge >= 0.3 is 0 Å². The average Bonchev–Trinajstić information content (AvgIpc) is 3.43. The Morgan fingerprint density at radius 3 is 2.49 bits per heavy atom. The van der Waals surface area contributed by atoms with E-state index in [1.54, 1.807) is 28.4 Å². The number of fused-ring (bicyclic) bond motifs is 1. The maximum absolute atomic E-state index is 13.6. The number of amides is 1. The molecule has 1 saturated heterocycles. The standard InChI is InChI=1S/C26H26FN3O3S2/c1-19-16-28(12-13-30(19)35(32,33)18-21-5-3-2-4-6-21)25(31)24-15-22-11-14-34-26(22)29(24)17-20-7-9-23(27)10-8-20/h2-11,14-15,19H,12-13,16-18H2,1H3. The molecule has 0 bridgehead atoms. The molecule has 0 spiro atoms. The van der Waals surface area contributed by atoms with Gasteiger partial charge in [0.2, 0.25) is 10.0 Å². The van der Waals surface area contributed by atoms with Gasteiger partial charge in [0.1, 0.15) is 16.3 Å². The van der Waals surface area contributed by atoms with Crippen LogP contribution in [0, 0.1) is 5.82 Å². The number of piperazine rings is 1. The Bertz CT molecular complexity index is 1450. The van der Waals surface area contributed by atoms with Crippen LogP contribution in [-0.2, 0) is 22.3 Å². The van der Waals surface area contributed by atoms with Crippen LogP contribution < -0.4 is 0 Å². The summed E-state index contributed by atoms with van der Waals surface area (Å²) >= 11 is 1.56. The van der Waals surface area contributed by atoms with Crippen LogP contribution in [0.3, 0.4) is 0 Å². The minimum atomic E-state index is -3.50. The van der Waals surface area contributed by atoms with Crippen molar-refractivity contribution in [2.45, 2.75) is 25.3 Å². The summed E-state index contributed by atoms with van der Waals surface area (Å²) in [6.07, 6.45) is 0. The number of hydrogen-bond donors (Lipinski definition) is 0. The number of aromatic nitrogens is 1. The molecule has 2 aromatic heterocycles. The first kappa shape index (κ1) is 23.7. The molecular formula is C26H26FN3O3S2. The van der Waals surface area contributed by atoms with Gasteiger partial charge in [-0.3, -0.25) is 4.79 Å². The van der Waals surface area contributed by atoms with Crippen LogP contribution in [-0.4, -0.2) is 53.8 Å². The molecule has 5 rings (SSSR count). The Hall–Kier alpha value is -3.01. The maximum atomic E-state index is 13.6. The second-order valence-electron chi connectivity index (χ2n) is 8.88. The molecule has 1 unspecified atom stereocenters. The average molecular weight is 512 g/mol. The molecule has 1 fully saturated rings. The highest BCUT2D eigenvalue weighted by atomic mass is 32.2. The highest BCUT2D eigenvalue weighted by molar-refractivity contribution is 7.88. The number of halogens is 1. The monoisotopic (exact) mass is 511 g/mol. The number of sulfonamides is 1. The van der Waals surface area contributed by atoms with Crippen LogP contribution in [0.5, 0.6) is 0 Å². The van der Waals surface area contributed by atoms with Gasteiger partial charge in [-0.05, 0) is 47.7 Å². The maximum Gasteiger partial charge on any atom is 0.270 e. The van der Waals surface area contributed by atoms with Crippen molar-refractivity contribution in [3.8, 4) is 0 Å². The van der Waals surface area contributed by atoms with E-state index < -0.39 is 10.0 Å². The number of thiophene rings is 1. The molecule has 9 heteroatoms. The molecule has 4 aromatic rings. The van der Waals surface area contributed by atoms with Gasteiger partial charge in [0.25, 0.3) is 5.91 Å². The lowest BCUT2D eigenvalue weighted by Gasteiger charge is -2.39. The van der Waals surface area contributed by atoms with Crippen LogP contribution in [0.15, 0.2) is 72.1 Å². The zero-order chi connectivity index (χ0) is 24.6. The Balaban J connectivity index is 1.35. The molecule has 3 heterocycles. The van der Waals surface area contributed by atoms with E-state index in [0.717, 1.165) is 21.3 Å². The van der Waals surface area contributed by atoms with Crippen LogP contribution in [0.2, 0.25) is 0 Å². The van der Waals surface area contributed by atoms with Crippen LogP contribution in [0.4, 0.5) is 4.39 Å². The van der Waals surface area contributed by atoms with Gasteiger partial charge in [-0.15, -0.1) is 11.3 Å². The zero-order valence-electron chi connectivity index (χ0n) is 19.3. The minimum Gasteiger partial charge on any atom is -0.334 e. The predicted molar refractivity (Wildman–Crippen MR) is 136 cm³/mol. The van der Waals surface area contributed by atoms with Gasteiger partial charge in [-0.1, -0.05) is 42.5 Å². The number of rotatable bonds is 6. The first-order valence-electron chi connectivity index (χ1n) is 11.5. The van der Waals surface area contributed by atoms with E-state index in [9.17, 15) is 17.6 Å². The molecule has 1 aliphatic rings. The minimum absolute atomic E-state index is 0.0527. The van der Waals surface area contributed by atoms with Crippen molar-refractivity contribution in [3.05, 3.63) is 94.7 Å². The summed E-state index contributed by atoms with van der Waals surface area (Å²) < 4.78 is 43.0. The summed E-state index contributed by atoms with van der Waals surface area (Å²) in [4.78, 5) is 16.3. The van der Waals surface area contributed by atoms with E-state index in [0.29, 0.717) is 25.3 Å². The Morgan fingerprint density at radius 2 is 1.77 bits per heavy atom. The molecule has 2 aromatic carbocycles.